The molecule has 0 saturated heterocycles. The molecule has 4 aromatic rings. The molecule has 4 rings (SSSR count). The maximum atomic E-state index is 9.75. The van der Waals surface area contributed by atoms with Crippen LogP contribution in [0.4, 0.5) is 17.3 Å². The fourth-order valence-corrected chi connectivity index (χ4v) is 3.37. The zero-order valence-corrected chi connectivity index (χ0v) is 17.5. The molecule has 0 N–H and O–H groups in total. The van der Waals surface area contributed by atoms with Crippen molar-refractivity contribution in [1.82, 2.24) is 0 Å². The van der Waals surface area contributed by atoms with Gasteiger partial charge in [-0.15, -0.1) is 0 Å². The van der Waals surface area contributed by atoms with Crippen LogP contribution in [0.2, 0.25) is 0 Å². The van der Waals surface area contributed by atoms with E-state index in [1.54, 1.807) is 0 Å². The molecule has 0 atom stereocenters. The van der Waals surface area contributed by atoms with E-state index in [4.69, 9.17) is 0 Å². The van der Waals surface area contributed by atoms with Gasteiger partial charge >= 0.3 is 7.25 Å². The van der Waals surface area contributed by atoms with Crippen LogP contribution in [0.1, 0.15) is 6.92 Å². The molecule has 1 nitrogen and oxygen atoms in total. The van der Waals surface area contributed by atoms with Crippen molar-refractivity contribution in [1.29, 1.82) is 0 Å². The van der Waals surface area contributed by atoms with Gasteiger partial charge in [0, 0.05) is 23.3 Å². The van der Waals surface area contributed by atoms with Crippen LogP contribution in [0.25, 0.3) is 39.8 Å². The van der Waals surface area contributed by atoms with E-state index in [0.717, 1.165) is 0 Å². The van der Waals surface area contributed by atoms with Crippen molar-refractivity contribution < 1.29 is 21.8 Å². The predicted molar refractivity (Wildman–Crippen MR) is 124 cm³/mol. The number of aromatic nitrogens is 1. The van der Waals surface area contributed by atoms with Crippen LogP contribution in [0, 0.1) is 0 Å². The molecule has 0 spiro atoms. The van der Waals surface area contributed by atoms with Gasteiger partial charge in [-0.2, -0.15) is 4.57 Å². The highest BCUT2D eigenvalue weighted by Gasteiger charge is 2.21. The fourth-order valence-electron chi connectivity index (χ4n) is 3.37. The average Bonchev–Trinajstić information content (AvgIpc) is 2.80. The van der Waals surface area contributed by atoms with Gasteiger partial charge in [-0.1, -0.05) is 66.7 Å². The summed E-state index contributed by atoms with van der Waals surface area (Å²) in [7, 11) is -6.00. The van der Waals surface area contributed by atoms with Crippen LogP contribution < -0.4 is 4.57 Å². The standard InChI is InChI=1S/C26H22N.BF4/c1-2-18-27-25(22-14-8-4-9-15-22)19-24(21-12-6-3-7-13-21)20-26(27)23-16-10-5-11-17-23;2-1(3,4)5/h2-20H,1H3;/q+1;-1/b18-2+;. The fraction of sp³-hybridized carbons (Fsp3) is 0.0385. The smallest absolute Gasteiger partial charge is 0.418 e. The van der Waals surface area contributed by atoms with E-state index in [1.165, 1.54) is 33.6 Å². The van der Waals surface area contributed by atoms with Gasteiger partial charge in [-0.05, 0) is 48.4 Å². The van der Waals surface area contributed by atoms with E-state index in [-0.39, 0.29) is 0 Å². The molecule has 1 aromatic heterocycles. The number of halogens is 4. The van der Waals surface area contributed by atoms with Crippen LogP contribution >= 0.6 is 0 Å². The molecule has 0 fully saturated rings. The first-order chi connectivity index (χ1) is 15.4. The first-order valence-corrected chi connectivity index (χ1v) is 10.1. The monoisotopic (exact) mass is 435 g/mol. The summed E-state index contributed by atoms with van der Waals surface area (Å²) in [6.45, 7) is 2.06. The summed E-state index contributed by atoms with van der Waals surface area (Å²) >= 11 is 0. The number of nitrogens with zero attached hydrogens (tertiary/aromatic N) is 1. The largest absolute Gasteiger partial charge is 0.673 e. The number of benzene rings is 3. The van der Waals surface area contributed by atoms with Crippen molar-refractivity contribution in [2.75, 3.05) is 0 Å². The second-order valence-corrected chi connectivity index (χ2v) is 6.96. The third-order valence-corrected chi connectivity index (χ3v) is 4.65. The molecular formula is C26H22BF4N. The highest BCUT2D eigenvalue weighted by Crippen LogP contribution is 2.29. The quantitative estimate of drug-likeness (QED) is 0.175. The minimum atomic E-state index is -6.00. The Bertz CT molecular complexity index is 1090. The molecule has 3 aromatic carbocycles. The van der Waals surface area contributed by atoms with Crippen LogP contribution in [0.5, 0.6) is 0 Å². The Balaban J connectivity index is 0.000000523. The van der Waals surface area contributed by atoms with Gasteiger partial charge in [0.05, 0.1) is 0 Å². The summed E-state index contributed by atoms with van der Waals surface area (Å²) in [6.07, 6.45) is 4.22. The van der Waals surface area contributed by atoms with E-state index < -0.39 is 7.25 Å². The third-order valence-electron chi connectivity index (χ3n) is 4.65. The van der Waals surface area contributed by atoms with Gasteiger partial charge < -0.3 is 17.3 Å². The first kappa shape index (κ1) is 23.0. The maximum absolute atomic E-state index is 9.75. The van der Waals surface area contributed by atoms with Crippen molar-refractivity contribution in [2.45, 2.75) is 6.92 Å². The Morgan fingerprint density at radius 1 is 0.562 bits per heavy atom. The molecular weight excluding hydrogens is 413 g/mol. The molecule has 162 valence electrons. The number of hydrogen-bond acceptors (Lipinski definition) is 0. The Kier molecular flexibility index (Phi) is 7.61. The van der Waals surface area contributed by atoms with Crippen molar-refractivity contribution in [3.8, 4) is 33.6 Å². The van der Waals surface area contributed by atoms with E-state index in [9.17, 15) is 17.3 Å². The van der Waals surface area contributed by atoms with Crippen molar-refractivity contribution in [2.24, 2.45) is 0 Å². The van der Waals surface area contributed by atoms with Crippen LogP contribution in [0.3, 0.4) is 0 Å². The highest BCUT2D eigenvalue weighted by molar-refractivity contribution is 6.50. The molecule has 0 aliphatic heterocycles. The highest BCUT2D eigenvalue weighted by atomic mass is 19.5. The lowest BCUT2D eigenvalue weighted by Gasteiger charge is -2.10. The van der Waals surface area contributed by atoms with Crippen LogP contribution in [-0.2, 0) is 0 Å². The Labute approximate surface area is 185 Å². The number of rotatable bonds is 4. The summed E-state index contributed by atoms with van der Waals surface area (Å²) in [5.74, 6) is 0. The van der Waals surface area contributed by atoms with Crippen molar-refractivity contribution in [3.63, 3.8) is 0 Å². The number of allylic oxidation sites excluding steroid dienone is 1. The van der Waals surface area contributed by atoms with E-state index >= 15 is 0 Å². The zero-order valence-electron chi connectivity index (χ0n) is 17.5. The third kappa shape index (κ3) is 6.41. The second kappa shape index (κ2) is 10.6. The molecule has 6 heteroatoms. The summed E-state index contributed by atoms with van der Waals surface area (Å²) in [4.78, 5) is 0. The Morgan fingerprint density at radius 2 is 0.906 bits per heavy atom. The van der Waals surface area contributed by atoms with Crippen LogP contribution in [-0.4, -0.2) is 7.25 Å². The molecule has 0 aliphatic carbocycles. The van der Waals surface area contributed by atoms with Gasteiger partial charge in [0.15, 0.2) is 6.20 Å². The number of hydrogen-bond donors (Lipinski definition) is 0. The van der Waals surface area contributed by atoms with Gasteiger partial charge in [0.25, 0.3) is 0 Å². The van der Waals surface area contributed by atoms with E-state index in [1.807, 2.05) is 0 Å². The predicted octanol–water partition coefficient (Wildman–Crippen LogP) is 7.77. The molecule has 0 aliphatic rings. The second-order valence-electron chi connectivity index (χ2n) is 6.96. The Morgan fingerprint density at radius 3 is 1.25 bits per heavy atom. The van der Waals surface area contributed by atoms with Crippen molar-refractivity contribution >= 4 is 13.5 Å². The molecule has 0 amide bonds. The summed E-state index contributed by atoms with van der Waals surface area (Å²) in [6, 6.07) is 36.3. The number of pyridine rings is 1. The molecule has 0 unspecified atom stereocenters. The van der Waals surface area contributed by atoms with Gasteiger partial charge in [0.2, 0.25) is 11.4 Å². The minimum absolute atomic E-state index is 1.17. The Hall–Kier alpha value is -3.67. The lowest BCUT2D eigenvalue weighted by Crippen LogP contribution is -2.32. The zero-order chi connectivity index (χ0) is 23.0. The molecule has 32 heavy (non-hydrogen) atoms. The SMILES string of the molecule is C/C=C/[n+]1c(-c2ccccc2)cc(-c2ccccc2)cc1-c1ccccc1.F[B-](F)(F)F. The molecule has 0 radical (unpaired) electrons. The van der Waals surface area contributed by atoms with Crippen molar-refractivity contribution in [3.05, 3.63) is 109 Å². The summed E-state index contributed by atoms with van der Waals surface area (Å²) < 4.78 is 41.3. The van der Waals surface area contributed by atoms with Gasteiger partial charge in [-0.25, -0.2) is 0 Å². The topological polar surface area (TPSA) is 3.88 Å². The lowest BCUT2D eigenvalue weighted by molar-refractivity contribution is -0.544. The molecule has 0 bridgehead atoms. The normalized spacial score (nSPS) is 11.2. The maximum Gasteiger partial charge on any atom is 0.673 e. The van der Waals surface area contributed by atoms with Gasteiger partial charge in [-0.3, -0.25) is 0 Å². The van der Waals surface area contributed by atoms with E-state index in [0.29, 0.717) is 0 Å². The molecule has 0 saturated carbocycles. The summed E-state index contributed by atoms with van der Waals surface area (Å²) in [5, 5.41) is 0. The lowest BCUT2D eigenvalue weighted by atomic mass is 9.99. The first-order valence-electron chi connectivity index (χ1n) is 10.1. The minimum Gasteiger partial charge on any atom is -0.418 e. The van der Waals surface area contributed by atoms with E-state index in [2.05, 4.69) is 127 Å². The summed E-state index contributed by atoms with van der Waals surface area (Å²) in [5.41, 5.74) is 7.19. The van der Waals surface area contributed by atoms with Crippen LogP contribution in [0.15, 0.2) is 109 Å². The average molecular weight is 435 g/mol. The molecule has 1 heterocycles. The van der Waals surface area contributed by atoms with Gasteiger partial charge in [0.1, 0.15) is 0 Å².